The van der Waals surface area contributed by atoms with Gasteiger partial charge in [-0.25, -0.2) is 0 Å². The number of hydrogen-bond donors (Lipinski definition) is 1. The van der Waals surface area contributed by atoms with Crippen molar-refractivity contribution in [3.05, 3.63) is 64.7 Å². The van der Waals surface area contributed by atoms with Crippen LogP contribution < -0.4 is 4.74 Å². The van der Waals surface area contributed by atoms with E-state index < -0.39 is 6.10 Å². The molecule has 2 nitrogen and oxygen atoms in total. The van der Waals surface area contributed by atoms with Crippen molar-refractivity contribution in [3.8, 4) is 5.75 Å². The summed E-state index contributed by atoms with van der Waals surface area (Å²) in [7, 11) is 0. The Hall–Kier alpha value is -1.51. The van der Waals surface area contributed by atoms with Gasteiger partial charge in [0.05, 0.1) is 11.6 Å². The number of halogens is 1. The van der Waals surface area contributed by atoms with E-state index in [4.69, 9.17) is 16.3 Å². The molecule has 18 heavy (non-hydrogen) atoms. The SMILES string of the molecule is CCOc1ccc(C(O)c2ccc[c]c2Cl)cc1. The second kappa shape index (κ2) is 5.89. The van der Waals surface area contributed by atoms with Gasteiger partial charge in [-0.3, -0.25) is 0 Å². The predicted molar refractivity (Wildman–Crippen MR) is 72.0 cm³/mol. The van der Waals surface area contributed by atoms with Gasteiger partial charge in [0.1, 0.15) is 11.9 Å². The highest BCUT2D eigenvalue weighted by molar-refractivity contribution is 6.31. The maximum atomic E-state index is 10.2. The zero-order chi connectivity index (χ0) is 13.0. The number of hydrogen-bond acceptors (Lipinski definition) is 2. The number of aliphatic hydroxyl groups is 1. The summed E-state index contributed by atoms with van der Waals surface area (Å²) in [5.74, 6) is 0.791. The van der Waals surface area contributed by atoms with Gasteiger partial charge in [0.15, 0.2) is 0 Å². The van der Waals surface area contributed by atoms with Gasteiger partial charge in [0, 0.05) is 11.6 Å². The van der Waals surface area contributed by atoms with E-state index in [0.29, 0.717) is 17.2 Å². The molecule has 1 N–H and O–H groups in total. The molecule has 0 spiro atoms. The van der Waals surface area contributed by atoms with Gasteiger partial charge < -0.3 is 9.84 Å². The minimum Gasteiger partial charge on any atom is -0.494 e. The molecule has 0 aliphatic carbocycles. The molecule has 1 unspecified atom stereocenters. The molecular formula is C15H14ClO2. The summed E-state index contributed by atoms with van der Waals surface area (Å²) in [6.45, 7) is 2.56. The number of ether oxygens (including phenoxy) is 1. The van der Waals surface area contributed by atoms with E-state index in [1.807, 2.05) is 31.2 Å². The van der Waals surface area contributed by atoms with Crippen molar-refractivity contribution in [1.29, 1.82) is 0 Å². The quantitative estimate of drug-likeness (QED) is 0.911. The number of rotatable bonds is 4. The van der Waals surface area contributed by atoms with Crippen molar-refractivity contribution < 1.29 is 9.84 Å². The largest absolute Gasteiger partial charge is 0.494 e. The standard InChI is InChI=1S/C15H14ClO2/c1-2-18-12-9-7-11(8-10-12)15(17)13-5-3-4-6-14(13)16/h3-5,7-10,15,17H,2H2,1H3. The van der Waals surface area contributed by atoms with Crippen LogP contribution in [0.15, 0.2) is 42.5 Å². The van der Waals surface area contributed by atoms with Crippen molar-refractivity contribution in [1.82, 2.24) is 0 Å². The summed E-state index contributed by atoms with van der Waals surface area (Å²) in [5.41, 5.74) is 1.43. The van der Waals surface area contributed by atoms with Crippen molar-refractivity contribution >= 4 is 11.6 Å². The molecule has 0 amide bonds. The maximum absolute atomic E-state index is 10.2. The van der Waals surface area contributed by atoms with E-state index in [1.165, 1.54) is 0 Å². The second-order valence-electron chi connectivity index (χ2n) is 3.84. The molecule has 0 bridgehead atoms. The normalized spacial score (nSPS) is 12.2. The van der Waals surface area contributed by atoms with Crippen LogP contribution in [0.5, 0.6) is 5.75 Å². The minimum atomic E-state index is -0.745. The summed E-state index contributed by atoms with van der Waals surface area (Å²) < 4.78 is 5.36. The van der Waals surface area contributed by atoms with Crippen LogP contribution in [-0.4, -0.2) is 11.7 Å². The first-order valence-corrected chi connectivity index (χ1v) is 6.17. The molecule has 2 rings (SSSR count). The minimum absolute atomic E-state index is 0.443. The van der Waals surface area contributed by atoms with Crippen LogP contribution in [-0.2, 0) is 0 Å². The molecule has 0 aliphatic heterocycles. The lowest BCUT2D eigenvalue weighted by molar-refractivity contribution is 0.220. The molecule has 93 valence electrons. The van der Waals surface area contributed by atoms with Crippen LogP contribution in [0, 0.1) is 6.07 Å². The molecule has 0 aromatic heterocycles. The summed E-state index contributed by atoms with van der Waals surface area (Å²) in [6.07, 6.45) is -0.745. The lowest BCUT2D eigenvalue weighted by atomic mass is 10.0. The fourth-order valence-electron chi connectivity index (χ4n) is 1.73. The smallest absolute Gasteiger partial charge is 0.119 e. The molecule has 0 saturated carbocycles. The van der Waals surface area contributed by atoms with Gasteiger partial charge in [-0.15, -0.1) is 0 Å². The van der Waals surface area contributed by atoms with Gasteiger partial charge in [-0.05, 0) is 24.6 Å². The molecule has 0 fully saturated rings. The van der Waals surface area contributed by atoms with Gasteiger partial charge in [0.25, 0.3) is 0 Å². The van der Waals surface area contributed by atoms with Crippen LogP contribution in [0.1, 0.15) is 24.2 Å². The van der Waals surface area contributed by atoms with E-state index in [2.05, 4.69) is 6.07 Å². The number of aliphatic hydroxyl groups excluding tert-OH is 1. The first kappa shape index (κ1) is 12.9. The first-order chi connectivity index (χ1) is 8.72. The van der Waals surface area contributed by atoms with Gasteiger partial charge >= 0.3 is 0 Å². The average molecular weight is 262 g/mol. The van der Waals surface area contributed by atoms with Crippen LogP contribution in [0.25, 0.3) is 0 Å². The fraction of sp³-hybridized carbons (Fsp3) is 0.200. The van der Waals surface area contributed by atoms with E-state index in [-0.39, 0.29) is 0 Å². The maximum Gasteiger partial charge on any atom is 0.119 e. The molecular weight excluding hydrogens is 248 g/mol. The Balaban J connectivity index is 2.23. The molecule has 2 aromatic carbocycles. The highest BCUT2D eigenvalue weighted by atomic mass is 35.5. The van der Waals surface area contributed by atoms with Crippen molar-refractivity contribution in [2.24, 2.45) is 0 Å². The van der Waals surface area contributed by atoms with Crippen molar-refractivity contribution in [3.63, 3.8) is 0 Å². The van der Waals surface area contributed by atoms with Gasteiger partial charge in [0.2, 0.25) is 0 Å². The van der Waals surface area contributed by atoms with Gasteiger partial charge in [-0.2, -0.15) is 0 Å². The zero-order valence-electron chi connectivity index (χ0n) is 10.1. The van der Waals surface area contributed by atoms with Crippen LogP contribution in [0.3, 0.4) is 0 Å². The van der Waals surface area contributed by atoms with Crippen LogP contribution in [0.4, 0.5) is 0 Å². The predicted octanol–water partition coefficient (Wildman–Crippen LogP) is 3.62. The van der Waals surface area contributed by atoms with Crippen molar-refractivity contribution in [2.45, 2.75) is 13.0 Å². The van der Waals surface area contributed by atoms with E-state index in [0.717, 1.165) is 11.3 Å². The Morgan fingerprint density at radius 2 is 2.00 bits per heavy atom. The Kier molecular flexibility index (Phi) is 4.24. The van der Waals surface area contributed by atoms with E-state index in [1.54, 1.807) is 18.2 Å². The van der Waals surface area contributed by atoms with Crippen LogP contribution >= 0.6 is 11.6 Å². The Morgan fingerprint density at radius 3 is 2.61 bits per heavy atom. The summed E-state index contributed by atoms with van der Waals surface area (Å²) >= 11 is 6.01. The monoisotopic (exact) mass is 261 g/mol. The Labute approximate surface area is 112 Å². The average Bonchev–Trinajstić information content (AvgIpc) is 2.40. The van der Waals surface area contributed by atoms with E-state index in [9.17, 15) is 5.11 Å². The molecule has 1 atom stereocenters. The first-order valence-electron chi connectivity index (χ1n) is 5.79. The topological polar surface area (TPSA) is 29.5 Å². The highest BCUT2D eigenvalue weighted by Crippen LogP contribution is 2.28. The molecule has 0 aliphatic rings. The lowest BCUT2D eigenvalue weighted by Crippen LogP contribution is -2.00. The fourth-order valence-corrected chi connectivity index (χ4v) is 1.96. The molecule has 0 saturated heterocycles. The molecule has 2 aromatic rings. The summed E-state index contributed by atoms with van der Waals surface area (Å²) in [6, 6.07) is 15.5. The third kappa shape index (κ3) is 2.84. The molecule has 3 heteroatoms. The van der Waals surface area contributed by atoms with Crippen molar-refractivity contribution in [2.75, 3.05) is 6.61 Å². The van der Waals surface area contributed by atoms with E-state index >= 15 is 0 Å². The summed E-state index contributed by atoms with van der Waals surface area (Å²) in [5, 5.41) is 10.7. The Bertz CT molecular complexity index is 508. The van der Waals surface area contributed by atoms with Crippen LogP contribution in [0.2, 0.25) is 5.02 Å². The third-order valence-electron chi connectivity index (χ3n) is 2.64. The van der Waals surface area contributed by atoms with Gasteiger partial charge in [-0.1, -0.05) is 41.9 Å². The highest BCUT2D eigenvalue weighted by Gasteiger charge is 2.13. The second-order valence-corrected chi connectivity index (χ2v) is 4.22. The lowest BCUT2D eigenvalue weighted by Gasteiger charge is -2.13. The zero-order valence-corrected chi connectivity index (χ0v) is 10.8. The molecule has 1 radical (unpaired) electrons. The Morgan fingerprint density at radius 1 is 1.28 bits per heavy atom. The third-order valence-corrected chi connectivity index (χ3v) is 2.96. The number of benzene rings is 2. The summed E-state index contributed by atoms with van der Waals surface area (Å²) in [4.78, 5) is 0. The molecule has 0 heterocycles.